The SMILES string of the molecule is CCCCCCCCc1cc(OCCCC)ccc1C. The summed E-state index contributed by atoms with van der Waals surface area (Å²) in [6, 6.07) is 6.56. The Bertz CT molecular complexity index is 357. The van der Waals surface area contributed by atoms with E-state index < -0.39 is 0 Å². The van der Waals surface area contributed by atoms with Gasteiger partial charge in [0.15, 0.2) is 0 Å². The zero-order valence-corrected chi connectivity index (χ0v) is 13.7. The van der Waals surface area contributed by atoms with Crippen molar-refractivity contribution < 1.29 is 4.74 Å². The van der Waals surface area contributed by atoms with E-state index >= 15 is 0 Å². The Morgan fingerprint density at radius 2 is 1.55 bits per heavy atom. The van der Waals surface area contributed by atoms with Crippen LogP contribution >= 0.6 is 0 Å². The highest BCUT2D eigenvalue weighted by Crippen LogP contribution is 2.20. The molecule has 0 aliphatic carbocycles. The van der Waals surface area contributed by atoms with Gasteiger partial charge in [0.1, 0.15) is 5.75 Å². The van der Waals surface area contributed by atoms with Gasteiger partial charge in [0.25, 0.3) is 0 Å². The molecule has 0 atom stereocenters. The summed E-state index contributed by atoms with van der Waals surface area (Å²) in [4.78, 5) is 0. The molecule has 0 unspecified atom stereocenters. The molecule has 0 aliphatic rings. The van der Waals surface area contributed by atoms with Crippen LogP contribution in [-0.4, -0.2) is 6.61 Å². The zero-order valence-electron chi connectivity index (χ0n) is 13.7. The van der Waals surface area contributed by atoms with Crippen LogP contribution < -0.4 is 4.74 Å². The van der Waals surface area contributed by atoms with E-state index in [2.05, 4.69) is 39.0 Å². The van der Waals surface area contributed by atoms with Gasteiger partial charge < -0.3 is 4.74 Å². The summed E-state index contributed by atoms with van der Waals surface area (Å²) in [5.41, 5.74) is 2.87. The van der Waals surface area contributed by atoms with Gasteiger partial charge in [-0.1, -0.05) is 58.4 Å². The van der Waals surface area contributed by atoms with E-state index in [4.69, 9.17) is 4.74 Å². The summed E-state index contributed by atoms with van der Waals surface area (Å²) in [7, 11) is 0. The fraction of sp³-hybridized carbons (Fsp3) is 0.684. The molecule has 114 valence electrons. The van der Waals surface area contributed by atoms with E-state index in [1.807, 2.05) is 0 Å². The minimum absolute atomic E-state index is 0.843. The van der Waals surface area contributed by atoms with Gasteiger partial charge in [-0.05, 0) is 49.4 Å². The Balaban J connectivity index is 2.34. The predicted octanol–water partition coefficient (Wildman–Crippen LogP) is 6.08. The third-order valence-electron chi connectivity index (χ3n) is 3.89. The van der Waals surface area contributed by atoms with Crippen molar-refractivity contribution in [3.63, 3.8) is 0 Å². The first kappa shape index (κ1) is 17.1. The van der Waals surface area contributed by atoms with Gasteiger partial charge >= 0.3 is 0 Å². The second-order valence-corrected chi connectivity index (χ2v) is 5.81. The minimum atomic E-state index is 0.843. The molecule has 20 heavy (non-hydrogen) atoms. The highest BCUT2D eigenvalue weighted by molar-refractivity contribution is 5.35. The van der Waals surface area contributed by atoms with E-state index in [1.165, 1.54) is 62.5 Å². The number of hydrogen-bond acceptors (Lipinski definition) is 1. The Morgan fingerprint density at radius 3 is 2.30 bits per heavy atom. The largest absolute Gasteiger partial charge is 0.494 e. The van der Waals surface area contributed by atoms with Crippen LogP contribution in [0.4, 0.5) is 0 Å². The van der Waals surface area contributed by atoms with Gasteiger partial charge in [-0.15, -0.1) is 0 Å². The van der Waals surface area contributed by atoms with Crippen molar-refractivity contribution in [1.29, 1.82) is 0 Å². The standard InChI is InChI=1S/C19H32O/c1-4-6-8-9-10-11-12-18-16-19(14-13-17(18)3)20-15-7-5-2/h13-14,16H,4-12,15H2,1-3H3. The number of hydrogen-bond donors (Lipinski definition) is 0. The van der Waals surface area contributed by atoms with Crippen LogP contribution in [-0.2, 0) is 6.42 Å². The number of benzene rings is 1. The molecule has 0 saturated heterocycles. The number of aryl methyl sites for hydroxylation is 2. The normalized spacial score (nSPS) is 10.8. The van der Waals surface area contributed by atoms with E-state index in [0.717, 1.165) is 18.8 Å². The molecule has 0 N–H and O–H groups in total. The van der Waals surface area contributed by atoms with Gasteiger partial charge in [-0.3, -0.25) is 0 Å². The van der Waals surface area contributed by atoms with Crippen LogP contribution in [0, 0.1) is 6.92 Å². The fourth-order valence-electron chi connectivity index (χ4n) is 2.44. The molecule has 1 heteroatoms. The monoisotopic (exact) mass is 276 g/mol. The lowest BCUT2D eigenvalue weighted by Crippen LogP contribution is -1.98. The molecule has 1 aromatic carbocycles. The lowest BCUT2D eigenvalue weighted by molar-refractivity contribution is 0.309. The maximum atomic E-state index is 5.80. The summed E-state index contributed by atoms with van der Waals surface area (Å²) in [5, 5.41) is 0. The Labute approximate surface area is 125 Å². The lowest BCUT2D eigenvalue weighted by Gasteiger charge is -2.10. The molecule has 0 amide bonds. The Morgan fingerprint density at radius 1 is 0.850 bits per heavy atom. The topological polar surface area (TPSA) is 9.23 Å². The van der Waals surface area contributed by atoms with E-state index in [-0.39, 0.29) is 0 Å². The van der Waals surface area contributed by atoms with E-state index in [0.29, 0.717) is 0 Å². The maximum Gasteiger partial charge on any atom is 0.119 e. The van der Waals surface area contributed by atoms with Crippen LogP contribution in [0.2, 0.25) is 0 Å². The summed E-state index contributed by atoms with van der Waals surface area (Å²) < 4.78 is 5.80. The van der Waals surface area contributed by atoms with Gasteiger partial charge in [0.05, 0.1) is 6.61 Å². The first-order valence-corrected chi connectivity index (χ1v) is 8.50. The average molecular weight is 276 g/mol. The van der Waals surface area contributed by atoms with Crippen molar-refractivity contribution in [2.75, 3.05) is 6.61 Å². The summed E-state index contributed by atoms with van der Waals surface area (Å²) in [6.07, 6.45) is 11.7. The summed E-state index contributed by atoms with van der Waals surface area (Å²) in [5.74, 6) is 1.05. The van der Waals surface area contributed by atoms with Crippen LogP contribution in [0.5, 0.6) is 5.75 Å². The third kappa shape index (κ3) is 6.98. The van der Waals surface area contributed by atoms with E-state index in [9.17, 15) is 0 Å². The summed E-state index contributed by atoms with van der Waals surface area (Å²) >= 11 is 0. The molecule has 1 rings (SSSR count). The van der Waals surface area contributed by atoms with E-state index in [1.54, 1.807) is 0 Å². The Hall–Kier alpha value is -0.980. The summed E-state index contributed by atoms with van der Waals surface area (Å²) in [6.45, 7) is 7.52. The number of ether oxygens (including phenoxy) is 1. The van der Waals surface area contributed by atoms with Crippen molar-refractivity contribution in [3.05, 3.63) is 29.3 Å². The molecule has 1 nitrogen and oxygen atoms in total. The van der Waals surface area contributed by atoms with Crippen molar-refractivity contribution in [1.82, 2.24) is 0 Å². The lowest BCUT2D eigenvalue weighted by atomic mass is 10.0. The molecular weight excluding hydrogens is 244 g/mol. The molecule has 0 aliphatic heterocycles. The third-order valence-corrected chi connectivity index (χ3v) is 3.89. The second kappa shape index (κ2) is 10.8. The maximum absolute atomic E-state index is 5.80. The quantitative estimate of drug-likeness (QED) is 0.445. The van der Waals surface area contributed by atoms with Crippen LogP contribution in [0.25, 0.3) is 0 Å². The van der Waals surface area contributed by atoms with Gasteiger partial charge in [0, 0.05) is 0 Å². The van der Waals surface area contributed by atoms with Gasteiger partial charge in [0.2, 0.25) is 0 Å². The van der Waals surface area contributed by atoms with Crippen molar-refractivity contribution in [2.24, 2.45) is 0 Å². The predicted molar refractivity (Wildman–Crippen MR) is 88.7 cm³/mol. The highest BCUT2D eigenvalue weighted by atomic mass is 16.5. The van der Waals surface area contributed by atoms with Crippen LogP contribution in [0.15, 0.2) is 18.2 Å². The molecule has 0 saturated carbocycles. The smallest absolute Gasteiger partial charge is 0.119 e. The molecule has 0 aromatic heterocycles. The fourth-order valence-corrected chi connectivity index (χ4v) is 2.44. The molecule has 1 aromatic rings. The first-order valence-electron chi connectivity index (χ1n) is 8.50. The molecule has 0 bridgehead atoms. The zero-order chi connectivity index (χ0) is 14.6. The van der Waals surface area contributed by atoms with Gasteiger partial charge in [-0.2, -0.15) is 0 Å². The molecular formula is C19H32O. The molecule has 0 fully saturated rings. The average Bonchev–Trinajstić information content (AvgIpc) is 2.46. The van der Waals surface area contributed by atoms with Crippen LogP contribution in [0.1, 0.15) is 76.3 Å². The number of unbranched alkanes of at least 4 members (excludes halogenated alkanes) is 6. The minimum Gasteiger partial charge on any atom is -0.494 e. The van der Waals surface area contributed by atoms with Gasteiger partial charge in [-0.25, -0.2) is 0 Å². The molecule has 0 radical (unpaired) electrons. The van der Waals surface area contributed by atoms with Crippen molar-refractivity contribution in [3.8, 4) is 5.75 Å². The molecule has 0 spiro atoms. The van der Waals surface area contributed by atoms with Crippen molar-refractivity contribution in [2.45, 2.75) is 78.6 Å². The van der Waals surface area contributed by atoms with Crippen molar-refractivity contribution >= 4 is 0 Å². The second-order valence-electron chi connectivity index (χ2n) is 5.81. The highest BCUT2D eigenvalue weighted by Gasteiger charge is 2.02. The first-order chi connectivity index (χ1) is 9.77. The van der Waals surface area contributed by atoms with Crippen LogP contribution in [0.3, 0.4) is 0 Å². The Kier molecular flexibility index (Phi) is 9.19. The molecule has 0 heterocycles. The number of rotatable bonds is 11.